The topological polar surface area (TPSA) is 125 Å². The third kappa shape index (κ3) is 9.27. The number of carbonyl (C=O) groups is 4. The van der Waals surface area contributed by atoms with Gasteiger partial charge in [0.25, 0.3) is 0 Å². The van der Waals surface area contributed by atoms with Gasteiger partial charge in [-0.05, 0) is 6.42 Å². The molecule has 0 bridgehead atoms. The summed E-state index contributed by atoms with van der Waals surface area (Å²) >= 11 is 0. The van der Waals surface area contributed by atoms with Crippen LogP contribution >= 0.6 is 0 Å². The van der Waals surface area contributed by atoms with Crippen molar-refractivity contribution in [2.75, 3.05) is 19.9 Å². The van der Waals surface area contributed by atoms with E-state index in [0.717, 1.165) is 0 Å². The molecule has 1 atom stereocenters. The first-order valence-electron chi connectivity index (χ1n) is 6.73. The fourth-order valence-electron chi connectivity index (χ4n) is 1.41. The first-order valence-corrected chi connectivity index (χ1v) is 6.73. The van der Waals surface area contributed by atoms with E-state index in [9.17, 15) is 28.0 Å². The van der Waals surface area contributed by atoms with E-state index < -0.39 is 55.6 Å². The average Bonchev–Trinajstić information content (AvgIpc) is 2.53. The molecule has 0 aliphatic rings. The molecule has 0 aromatic heterocycles. The molecule has 0 fully saturated rings. The summed E-state index contributed by atoms with van der Waals surface area (Å²) in [5, 5.41) is 11.2. The van der Waals surface area contributed by atoms with Crippen molar-refractivity contribution >= 4 is 29.8 Å². The molecule has 8 nitrogen and oxygen atoms in total. The molecule has 130 valence electrons. The smallest absolute Gasteiger partial charge is 0.329 e. The van der Waals surface area contributed by atoms with Crippen LogP contribution in [0.15, 0.2) is 0 Å². The van der Waals surface area contributed by atoms with E-state index >= 15 is 0 Å². The van der Waals surface area contributed by atoms with Gasteiger partial charge in [0.2, 0.25) is 11.8 Å². The first-order chi connectivity index (χ1) is 10.8. The van der Waals surface area contributed by atoms with E-state index in [2.05, 4.69) is 15.4 Å². The highest BCUT2D eigenvalue weighted by atomic mass is 19.1. The Morgan fingerprint density at radius 3 is 2.30 bits per heavy atom. The molecule has 0 saturated heterocycles. The Balaban J connectivity index is 4.74. The Kier molecular flexibility index (Phi) is 10.0. The fraction of sp³-hybridized carbons (Fsp3) is 0.615. The van der Waals surface area contributed by atoms with E-state index in [-0.39, 0.29) is 12.8 Å². The zero-order chi connectivity index (χ0) is 17.8. The van der Waals surface area contributed by atoms with Gasteiger partial charge in [-0.25, -0.2) is 13.6 Å². The van der Waals surface area contributed by atoms with Crippen molar-refractivity contribution in [1.82, 2.24) is 10.6 Å². The van der Waals surface area contributed by atoms with Crippen molar-refractivity contribution in [3.8, 4) is 0 Å². The van der Waals surface area contributed by atoms with E-state index in [1.54, 1.807) is 0 Å². The summed E-state index contributed by atoms with van der Waals surface area (Å²) in [6.45, 7) is -1.68. The summed E-state index contributed by atoms with van der Waals surface area (Å²) in [7, 11) is 0. The van der Waals surface area contributed by atoms with Gasteiger partial charge in [0, 0.05) is 13.3 Å². The van der Waals surface area contributed by atoms with Crippen molar-refractivity contribution in [3.63, 3.8) is 0 Å². The second kappa shape index (κ2) is 11.2. The molecule has 0 heterocycles. The van der Waals surface area contributed by atoms with E-state index in [1.165, 1.54) is 6.92 Å². The van der Waals surface area contributed by atoms with Gasteiger partial charge in [-0.1, -0.05) is 0 Å². The van der Waals surface area contributed by atoms with Gasteiger partial charge in [-0.3, -0.25) is 14.4 Å². The number of ether oxygens (including phenoxy) is 1. The molecular weight excluding hydrogens is 316 g/mol. The second-order valence-electron chi connectivity index (χ2n) is 4.55. The number of rotatable bonds is 11. The van der Waals surface area contributed by atoms with Crippen LogP contribution in [0.2, 0.25) is 0 Å². The normalized spacial score (nSPS) is 11.5. The Bertz CT molecular complexity index is 455. The monoisotopic (exact) mass is 335 g/mol. The van der Waals surface area contributed by atoms with E-state index in [1.807, 2.05) is 0 Å². The third-order valence-corrected chi connectivity index (χ3v) is 2.59. The number of esters is 1. The molecule has 10 heteroatoms. The lowest BCUT2D eigenvalue weighted by Crippen LogP contribution is -2.47. The third-order valence-electron chi connectivity index (χ3n) is 2.59. The number of ketones is 1. The molecule has 0 aromatic rings. The molecule has 0 aromatic carbocycles. The molecular formula is C13H19F2N3O5. The highest BCUT2D eigenvalue weighted by Gasteiger charge is 2.26. The Morgan fingerprint density at radius 1 is 1.22 bits per heavy atom. The predicted molar refractivity (Wildman–Crippen MR) is 75.5 cm³/mol. The lowest BCUT2D eigenvalue weighted by atomic mass is 10.1. The number of nitrogens with one attached hydrogen (secondary N) is 3. The molecule has 0 spiro atoms. The van der Waals surface area contributed by atoms with Crippen molar-refractivity contribution in [2.45, 2.75) is 31.9 Å². The maximum Gasteiger partial charge on any atom is 0.329 e. The number of hydrogen-bond acceptors (Lipinski definition) is 6. The predicted octanol–water partition coefficient (Wildman–Crippen LogP) is -0.543. The molecule has 0 aliphatic heterocycles. The molecule has 0 saturated carbocycles. The lowest BCUT2D eigenvalue weighted by molar-refractivity contribution is -0.154. The minimum absolute atomic E-state index is 0.204. The van der Waals surface area contributed by atoms with Crippen molar-refractivity contribution in [1.29, 1.82) is 5.41 Å². The summed E-state index contributed by atoms with van der Waals surface area (Å²) in [6.07, 6.45) is -1.48. The van der Waals surface area contributed by atoms with Crippen LogP contribution in [0.25, 0.3) is 0 Å². The largest absolute Gasteiger partial charge is 0.455 e. The standard InChI is InChI=1S/C13H19F2N3O5/c1-8(19)17-7-12(21)18-11(3-2-9(20)6-16)13(22)23-10(4-14)5-15/h6,10-11,16H,2-5,7H2,1H3,(H,17,19)(H,18,21)/t11-/m0/s1. The summed E-state index contributed by atoms with van der Waals surface area (Å²) < 4.78 is 29.3. The summed E-state index contributed by atoms with van der Waals surface area (Å²) in [4.78, 5) is 45.2. The molecule has 0 aliphatic carbocycles. The highest BCUT2D eigenvalue weighted by molar-refractivity contribution is 6.26. The maximum atomic E-state index is 12.4. The highest BCUT2D eigenvalue weighted by Crippen LogP contribution is 2.05. The minimum atomic E-state index is -1.59. The number of halogens is 2. The van der Waals surface area contributed by atoms with Crippen LogP contribution in [0.4, 0.5) is 8.78 Å². The summed E-state index contributed by atoms with van der Waals surface area (Å²) in [6, 6.07) is -1.32. The van der Waals surface area contributed by atoms with Crippen LogP contribution in [0.3, 0.4) is 0 Å². The van der Waals surface area contributed by atoms with Gasteiger partial charge >= 0.3 is 5.97 Å². The summed E-state index contributed by atoms with van der Waals surface area (Å²) in [5.74, 6) is -2.89. The molecule has 3 N–H and O–H groups in total. The van der Waals surface area contributed by atoms with Gasteiger partial charge in [0.15, 0.2) is 11.9 Å². The van der Waals surface area contributed by atoms with Gasteiger partial charge in [-0.15, -0.1) is 0 Å². The van der Waals surface area contributed by atoms with E-state index in [4.69, 9.17) is 5.41 Å². The minimum Gasteiger partial charge on any atom is -0.455 e. The number of alkyl halides is 2. The Morgan fingerprint density at radius 2 is 1.83 bits per heavy atom. The van der Waals surface area contributed by atoms with Crippen molar-refractivity contribution in [3.05, 3.63) is 0 Å². The van der Waals surface area contributed by atoms with Gasteiger partial charge in [0.1, 0.15) is 19.4 Å². The lowest BCUT2D eigenvalue weighted by Gasteiger charge is -2.19. The maximum absolute atomic E-state index is 12.4. The zero-order valence-electron chi connectivity index (χ0n) is 12.6. The number of Topliss-reactive ketones (excluding diaryl/α,β-unsaturated/α-hetero) is 1. The SMILES string of the molecule is CC(=O)NCC(=O)N[C@@H](CCC(=O)C=N)C(=O)OC(CF)CF. The molecule has 0 radical (unpaired) electrons. The molecule has 0 unspecified atom stereocenters. The summed E-state index contributed by atoms with van der Waals surface area (Å²) in [5.41, 5.74) is 0. The van der Waals surface area contributed by atoms with E-state index in [0.29, 0.717) is 6.21 Å². The first kappa shape index (κ1) is 20.6. The van der Waals surface area contributed by atoms with Gasteiger partial charge < -0.3 is 20.8 Å². The average molecular weight is 335 g/mol. The van der Waals surface area contributed by atoms with Crippen LogP contribution in [0, 0.1) is 5.41 Å². The number of carbonyl (C=O) groups excluding carboxylic acids is 4. The molecule has 23 heavy (non-hydrogen) atoms. The zero-order valence-corrected chi connectivity index (χ0v) is 12.6. The molecule has 2 amide bonds. The molecule has 0 rings (SSSR count). The Hall–Kier alpha value is -2.39. The second-order valence-corrected chi connectivity index (χ2v) is 4.55. The van der Waals surface area contributed by atoms with Crippen LogP contribution in [-0.4, -0.2) is 61.8 Å². The fourth-order valence-corrected chi connectivity index (χ4v) is 1.41. The van der Waals surface area contributed by atoms with Crippen LogP contribution in [0.5, 0.6) is 0 Å². The van der Waals surface area contributed by atoms with Crippen molar-refractivity contribution in [2.24, 2.45) is 0 Å². The van der Waals surface area contributed by atoms with Crippen molar-refractivity contribution < 1.29 is 32.7 Å². The Labute approximate surface area is 131 Å². The number of amides is 2. The van der Waals surface area contributed by atoms with Gasteiger partial charge in [-0.2, -0.15) is 0 Å². The number of hydrogen-bond donors (Lipinski definition) is 3. The quantitative estimate of drug-likeness (QED) is 0.345. The van der Waals surface area contributed by atoms with Crippen LogP contribution < -0.4 is 10.6 Å². The van der Waals surface area contributed by atoms with Gasteiger partial charge in [0.05, 0.1) is 12.8 Å². The van der Waals surface area contributed by atoms with Crippen LogP contribution in [0.1, 0.15) is 19.8 Å². The van der Waals surface area contributed by atoms with Crippen LogP contribution in [-0.2, 0) is 23.9 Å².